The van der Waals surface area contributed by atoms with E-state index >= 15 is 0 Å². The van der Waals surface area contributed by atoms with Crippen LogP contribution in [0.2, 0.25) is 0 Å². The molecule has 0 N–H and O–H groups in total. The monoisotopic (exact) mass is 223 g/mol. The number of ether oxygens (including phenoxy) is 1. The minimum atomic E-state index is 0.223. The van der Waals surface area contributed by atoms with Crippen molar-refractivity contribution in [3.8, 4) is 11.8 Å². The Morgan fingerprint density at radius 2 is 1.94 bits per heavy atom. The standard InChI is InChI=1S/C14H25NO/c1-4-7-14(3,5-2)8-6-9-15-10-12-16-13-11-15/h4-5,7,9-13H2,1-3H3. The summed E-state index contributed by atoms with van der Waals surface area (Å²) in [5.41, 5.74) is 0.223. The molecule has 2 nitrogen and oxygen atoms in total. The van der Waals surface area contributed by atoms with E-state index in [2.05, 4.69) is 37.5 Å². The minimum Gasteiger partial charge on any atom is -0.379 e. The second kappa shape index (κ2) is 6.93. The van der Waals surface area contributed by atoms with Crippen LogP contribution in [0.3, 0.4) is 0 Å². The van der Waals surface area contributed by atoms with Crippen LogP contribution in [0, 0.1) is 17.3 Å². The molecular weight excluding hydrogens is 198 g/mol. The Labute approximate surface area is 100 Å². The summed E-state index contributed by atoms with van der Waals surface area (Å²) in [6.07, 6.45) is 3.58. The van der Waals surface area contributed by atoms with Crippen molar-refractivity contribution in [3.05, 3.63) is 0 Å². The van der Waals surface area contributed by atoms with Gasteiger partial charge >= 0.3 is 0 Å². The van der Waals surface area contributed by atoms with Gasteiger partial charge in [-0.3, -0.25) is 4.90 Å². The normalized spacial score (nSPS) is 20.9. The van der Waals surface area contributed by atoms with Crippen LogP contribution in [0.5, 0.6) is 0 Å². The van der Waals surface area contributed by atoms with Gasteiger partial charge in [-0.2, -0.15) is 0 Å². The van der Waals surface area contributed by atoms with Gasteiger partial charge in [0.25, 0.3) is 0 Å². The molecule has 1 fully saturated rings. The Balaban J connectivity index is 2.39. The lowest BCUT2D eigenvalue weighted by Gasteiger charge is -2.25. The first-order valence-corrected chi connectivity index (χ1v) is 6.50. The van der Waals surface area contributed by atoms with E-state index in [1.165, 1.54) is 12.8 Å². The van der Waals surface area contributed by atoms with E-state index < -0.39 is 0 Å². The first-order valence-electron chi connectivity index (χ1n) is 6.50. The third-order valence-electron chi connectivity index (χ3n) is 3.38. The molecule has 92 valence electrons. The van der Waals surface area contributed by atoms with E-state index in [4.69, 9.17) is 4.74 Å². The maximum atomic E-state index is 5.32. The van der Waals surface area contributed by atoms with Crippen LogP contribution in [0.15, 0.2) is 0 Å². The molecule has 1 unspecified atom stereocenters. The zero-order chi connectivity index (χ0) is 11.9. The molecule has 16 heavy (non-hydrogen) atoms. The summed E-state index contributed by atoms with van der Waals surface area (Å²) in [5, 5.41) is 0. The fourth-order valence-corrected chi connectivity index (χ4v) is 2.00. The highest BCUT2D eigenvalue weighted by atomic mass is 16.5. The molecule has 0 bridgehead atoms. The Morgan fingerprint density at radius 3 is 2.50 bits per heavy atom. The average molecular weight is 223 g/mol. The molecule has 1 atom stereocenters. The second-order valence-corrected chi connectivity index (χ2v) is 4.85. The predicted octanol–water partition coefficient (Wildman–Crippen LogP) is 2.54. The lowest BCUT2D eigenvalue weighted by atomic mass is 9.84. The molecule has 1 aliphatic heterocycles. The summed E-state index contributed by atoms with van der Waals surface area (Å²) < 4.78 is 5.32. The van der Waals surface area contributed by atoms with Crippen LogP contribution in [0.1, 0.15) is 40.0 Å². The molecule has 0 radical (unpaired) electrons. The van der Waals surface area contributed by atoms with Gasteiger partial charge in [0.1, 0.15) is 0 Å². The fourth-order valence-electron chi connectivity index (χ4n) is 2.00. The van der Waals surface area contributed by atoms with E-state index in [-0.39, 0.29) is 5.41 Å². The molecule has 0 spiro atoms. The third-order valence-corrected chi connectivity index (χ3v) is 3.38. The maximum absolute atomic E-state index is 5.32. The predicted molar refractivity (Wildman–Crippen MR) is 68.3 cm³/mol. The van der Waals surface area contributed by atoms with Crippen molar-refractivity contribution in [1.29, 1.82) is 0 Å². The maximum Gasteiger partial charge on any atom is 0.0603 e. The molecule has 1 heterocycles. The zero-order valence-corrected chi connectivity index (χ0v) is 11.0. The molecule has 1 saturated heterocycles. The van der Waals surface area contributed by atoms with Gasteiger partial charge in [-0.25, -0.2) is 0 Å². The third kappa shape index (κ3) is 4.55. The van der Waals surface area contributed by atoms with Crippen molar-refractivity contribution in [1.82, 2.24) is 4.90 Å². The first kappa shape index (κ1) is 13.5. The lowest BCUT2D eigenvalue weighted by Crippen LogP contribution is -2.36. The largest absolute Gasteiger partial charge is 0.379 e. The van der Waals surface area contributed by atoms with Crippen LogP contribution >= 0.6 is 0 Å². The topological polar surface area (TPSA) is 12.5 Å². The summed E-state index contributed by atoms with van der Waals surface area (Å²) in [5.74, 6) is 6.81. The molecule has 0 amide bonds. The SMILES string of the molecule is CCCC(C)(C#CCN1CCOCC1)CC. The van der Waals surface area contributed by atoms with Gasteiger partial charge in [0, 0.05) is 18.5 Å². The summed E-state index contributed by atoms with van der Waals surface area (Å²) in [6, 6.07) is 0. The van der Waals surface area contributed by atoms with Gasteiger partial charge in [0.05, 0.1) is 19.8 Å². The Bertz CT molecular complexity index is 247. The molecule has 1 aliphatic rings. The van der Waals surface area contributed by atoms with Gasteiger partial charge in [0.2, 0.25) is 0 Å². The minimum absolute atomic E-state index is 0.223. The van der Waals surface area contributed by atoms with Gasteiger partial charge in [-0.05, 0) is 19.8 Å². The first-order chi connectivity index (χ1) is 7.70. The highest BCUT2D eigenvalue weighted by molar-refractivity contribution is 5.11. The van der Waals surface area contributed by atoms with Gasteiger partial charge in [-0.15, -0.1) is 0 Å². The molecule has 0 aliphatic carbocycles. The molecular formula is C14H25NO. The summed E-state index contributed by atoms with van der Waals surface area (Å²) in [7, 11) is 0. The quantitative estimate of drug-likeness (QED) is 0.679. The molecule has 0 aromatic rings. The summed E-state index contributed by atoms with van der Waals surface area (Å²) in [6.45, 7) is 11.4. The average Bonchev–Trinajstić information content (AvgIpc) is 2.31. The number of morpholine rings is 1. The molecule has 0 aromatic heterocycles. The number of hydrogen-bond acceptors (Lipinski definition) is 2. The zero-order valence-electron chi connectivity index (χ0n) is 11.0. The van der Waals surface area contributed by atoms with Crippen molar-refractivity contribution in [2.45, 2.75) is 40.0 Å². The smallest absolute Gasteiger partial charge is 0.0603 e. The van der Waals surface area contributed by atoms with Crippen LogP contribution in [0.4, 0.5) is 0 Å². The van der Waals surface area contributed by atoms with Gasteiger partial charge in [0.15, 0.2) is 0 Å². The molecule has 0 aromatic carbocycles. The fraction of sp³-hybridized carbons (Fsp3) is 0.857. The van der Waals surface area contributed by atoms with Gasteiger partial charge < -0.3 is 4.74 Å². The molecule has 0 saturated carbocycles. The Morgan fingerprint density at radius 1 is 1.25 bits per heavy atom. The number of rotatable bonds is 4. The molecule has 1 rings (SSSR count). The highest BCUT2D eigenvalue weighted by Gasteiger charge is 2.17. The van der Waals surface area contributed by atoms with Crippen molar-refractivity contribution in [2.75, 3.05) is 32.8 Å². The van der Waals surface area contributed by atoms with E-state index in [9.17, 15) is 0 Å². The highest BCUT2D eigenvalue weighted by Crippen LogP contribution is 2.25. The second-order valence-electron chi connectivity index (χ2n) is 4.85. The van der Waals surface area contributed by atoms with Crippen molar-refractivity contribution < 1.29 is 4.74 Å². The van der Waals surface area contributed by atoms with Crippen LogP contribution in [-0.2, 0) is 4.74 Å². The van der Waals surface area contributed by atoms with Crippen molar-refractivity contribution in [2.24, 2.45) is 5.41 Å². The van der Waals surface area contributed by atoms with Crippen molar-refractivity contribution in [3.63, 3.8) is 0 Å². The van der Waals surface area contributed by atoms with Crippen LogP contribution in [-0.4, -0.2) is 37.7 Å². The van der Waals surface area contributed by atoms with Crippen LogP contribution < -0.4 is 0 Å². The Hall–Kier alpha value is -0.520. The lowest BCUT2D eigenvalue weighted by molar-refractivity contribution is 0.0443. The van der Waals surface area contributed by atoms with E-state index in [0.29, 0.717) is 0 Å². The number of hydrogen-bond donors (Lipinski definition) is 0. The summed E-state index contributed by atoms with van der Waals surface area (Å²) >= 11 is 0. The van der Waals surface area contributed by atoms with Crippen LogP contribution in [0.25, 0.3) is 0 Å². The van der Waals surface area contributed by atoms with Gasteiger partial charge in [-0.1, -0.05) is 32.1 Å². The van der Waals surface area contributed by atoms with E-state index in [1.54, 1.807) is 0 Å². The molecule has 2 heteroatoms. The number of nitrogens with zero attached hydrogens (tertiary/aromatic N) is 1. The van der Waals surface area contributed by atoms with E-state index in [1.807, 2.05) is 0 Å². The van der Waals surface area contributed by atoms with E-state index in [0.717, 1.165) is 39.3 Å². The van der Waals surface area contributed by atoms with Crippen molar-refractivity contribution >= 4 is 0 Å². The summed E-state index contributed by atoms with van der Waals surface area (Å²) in [4.78, 5) is 2.37. The Kier molecular flexibility index (Phi) is 5.87.